The highest BCUT2D eigenvalue weighted by Gasteiger charge is 2.40. The number of ketones is 1. The third kappa shape index (κ3) is 2.28. The molecule has 0 bridgehead atoms. The molecular formula is C16H13NO3. The summed E-state index contributed by atoms with van der Waals surface area (Å²) in [4.78, 5) is 23.9. The van der Waals surface area contributed by atoms with E-state index in [1.807, 2.05) is 36.4 Å². The van der Waals surface area contributed by atoms with Gasteiger partial charge in [0.2, 0.25) is 5.78 Å². The lowest BCUT2D eigenvalue weighted by atomic mass is 9.96. The van der Waals surface area contributed by atoms with Crippen LogP contribution in [0.3, 0.4) is 0 Å². The molecule has 4 heteroatoms. The Hall–Kier alpha value is -2.62. The van der Waals surface area contributed by atoms with Gasteiger partial charge in [0, 0.05) is 5.56 Å². The van der Waals surface area contributed by atoms with Crippen molar-refractivity contribution in [2.75, 3.05) is 0 Å². The van der Waals surface area contributed by atoms with Crippen LogP contribution in [0.5, 0.6) is 0 Å². The molecule has 0 radical (unpaired) electrons. The van der Waals surface area contributed by atoms with Crippen LogP contribution in [-0.4, -0.2) is 18.0 Å². The zero-order valence-corrected chi connectivity index (χ0v) is 10.7. The van der Waals surface area contributed by atoms with Crippen molar-refractivity contribution >= 4 is 11.9 Å². The minimum absolute atomic E-state index is 0.196. The molecule has 2 aromatic carbocycles. The minimum atomic E-state index is -0.827. The molecule has 1 heterocycles. The average molecular weight is 267 g/mol. The normalized spacial score (nSPS) is 21.1. The van der Waals surface area contributed by atoms with E-state index in [-0.39, 0.29) is 5.78 Å². The molecule has 1 saturated heterocycles. The maximum atomic E-state index is 12.5. The number of hydrogen-bond acceptors (Lipinski definition) is 3. The monoisotopic (exact) mass is 267 g/mol. The molecule has 2 atom stereocenters. The van der Waals surface area contributed by atoms with E-state index >= 15 is 0 Å². The molecule has 3 rings (SSSR count). The van der Waals surface area contributed by atoms with Crippen LogP contribution >= 0.6 is 0 Å². The fourth-order valence-electron chi connectivity index (χ4n) is 2.31. The summed E-state index contributed by atoms with van der Waals surface area (Å²) >= 11 is 0. The lowest BCUT2D eigenvalue weighted by Gasteiger charge is -2.16. The number of rotatable bonds is 3. The second kappa shape index (κ2) is 5.17. The molecule has 1 aliphatic rings. The van der Waals surface area contributed by atoms with Crippen LogP contribution in [0.1, 0.15) is 22.0 Å². The van der Waals surface area contributed by atoms with Gasteiger partial charge in [-0.3, -0.25) is 4.79 Å². The lowest BCUT2D eigenvalue weighted by molar-refractivity contribution is 0.0721. The van der Waals surface area contributed by atoms with Crippen LogP contribution in [0.25, 0.3) is 0 Å². The van der Waals surface area contributed by atoms with E-state index < -0.39 is 18.2 Å². The maximum Gasteiger partial charge on any atom is 0.408 e. The second-order valence-electron chi connectivity index (χ2n) is 4.59. The van der Waals surface area contributed by atoms with Gasteiger partial charge in [0.15, 0.2) is 6.10 Å². The Morgan fingerprint density at radius 3 is 2.20 bits per heavy atom. The molecule has 2 aromatic rings. The van der Waals surface area contributed by atoms with Crippen LogP contribution in [0.15, 0.2) is 60.7 Å². The summed E-state index contributed by atoms with van der Waals surface area (Å²) in [5.41, 5.74) is 1.39. The number of Topliss-reactive ketones (excluding diaryl/α,β-unsaturated/α-hetero) is 1. The summed E-state index contributed by atoms with van der Waals surface area (Å²) in [5.74, 6) is -0.196. The van der Waals surface area contributed by atoms with E-state index in [4.69, 9.17) is 4.74 Å². The van der Waals surface area contributed by atoms with Gasteiger partial charge < -0.3 is 10.1 Å². The highest BCUT2D eigenvalue weighted by Crippen LogP contribution is 2.27. The summed E-state index contributed by atoms with van der Waals surface area (Å²) in [6.45, 7) is 0. The van der Waals surface area contributed by atoms with Gasteiger partial charge in [0.25, 0.3) is 0 Å². The van der Waals surface area contributed by atoms with Crippen molar-refractivity contribution in [1.29, 1.82) is 0 Å². The van der Waals surface area contributed by atoms with E-state index in [0.717, 1.165) is 5.56 Å². The molecule has 0 saturated carbocycles. The standard InChI is InChI=1S/C16H13NO3/c18-14(12-9-5-2-6-10-12)15-13(17-16(19)20-15)11-7-3-1-4-8-11/h1-10,13,15H,(H,17,19)/t13-,15-/m0/s1. The zero-order chi connectivity index (χ0) is 13.9. The number of alkyl carbamates (subject to hydrolysis) is 1. The van der Waals surface area contributed by atoms with Gasteiger partial charge in [-0.15, -0.1) is 0 Å². The Morgan fingerprint density at radius 2 is 1.55 bits per heavy atom. The Kier molecular flexibility index (Phi) is 3.21. The topological polar surface area (TPSA) is 55.4 Å². The first-order valence-corrected chi connectivity index (χ1v) is 6.37. The van der Waals surface area contributed by atoms with Crippen molar-refractivity contribution in [1.82, 2.24) is 5.32 Å². The van der Waals surface area contributed by atoms with E-state index in [1.54, 1.807) is 24.3 Å². The molecule has 4 nitrogen and oxygen atoms in total. The SMILES string of the molecule is O=C1N[C@@H](c2ccccc2)[C@@H](C(=O)c2ccccc2)O1. The van der Waals surface area contributed by atoms with Crippen LogP contribution in [0.4, 0.5) is 4.79 Å². The van der Waals surface area contributed by atoms with Crippen molar-refractivity contribution in [3.63, 3.8) is 0 Å². The van der Waals surface area contributed by atoms with Gasteiger partial charge in [0.05, 0.1) is 0 Å². The number of carbonyl (C=O) groups is 2. The van der Waals surface area contributed by atoms with Gasteiger partial charge in [0.1, 0.15) is 6.04 Å². The van der Waals surface area contributed by atoms with Crippen LogP contribution < -0.4 is 5.32 Å². The van der Waals surface area contributed by atoms with Gasteiger partial charge >= 0.3 is 6.09 Å². The molecule has 0 spiro atoms. The zero-order valence-electron chi connectivity index (χ0n) is 10.7. The number of benzene rings is 2. The third-order valence-corrected chi connectivity index (χ3v) is 3.29. The molecule has 0 aromatic heterocycles. The molecule has 1 N–H and O–H groups in total. The first-order valence-electron chi connectivity index (χ1n) is 6.37. The van der Waals surface area contributed by atoms with Gasteiger partial charge in [-0.25, -0.2) is 4.79 Å². The number of nitrogens with one attached hydrogen (secondary N) is 1. The van der Waals surface area contributed by atoms with Crippen molar-refractivity contribution in [3.05, 3.63) is 71.8 Å². The first kappa shape index (κ1) is 12.4. The summed E-state index contributed by atoms with van der Waals surface area (Å²) in [7, 11) is 0. The Balaban J connectivity index is 1.91. The quantitative estimate of drug-likeness (QED) is 0.870. The number of ether oxygens (including phenoxy) is 1. The first-order chi connectivity index (χ1) is 9.75. The molecule has 100 valence electrons. The Bertz CT molecular complexity index is 625. The van der Waals surface area contributed by atoms with Crippen molar-refractivity contribution in [2.24, 2.45) is 0 Å². The van der Waals surface area contributed by atoms with Gasteiger partial charge in [-0.2, -0.15) is 0 Å². The summed E-state index contributed by atoms with van der Waals surface area (Å²) in [6, 6.07) is 17.7. The Labute approximate surface area is 116 Å². The summed E-state index contributed by atoms with van der Waals surface area (Å²) < 4.78 is 5.14. The molecule has 20 heavy (non-hydrogen) atoms. The van der Waals surface area contributed by atoms with Crippen molar-refractivity contribution in [2.45, 2.75) is 12.1 Å². The molecule has 0 aliphatic carbocycles. The van der Waals surface area contributed by atoms with Crippen LogP contribution in [0, 0.1) is 0 Å². The van der Waals surface area contributed by atoms with Gasteiger partial charge in [-0.05, 0) is 5.56 Å². The maximum absolute atomic E-state index is 12.5. The van der Waals surface area contributed by atoms with Gasteiger partial charge in [-0.1, -0.05) is 60.7 Å². The molecular weight excluding hydrogens is 254 g/mol. The molecule has 1 aliphatic heterocycles. The highest BCUT2D eigenvalue weighted by atomic mass is 16.6. The fourth-order valence-corrected chi connectivity index (χ4v) is 2.31. The molecule has 1 amide bonds. The number of hydrogen-bond donors (Lipinski definition) is 1. The molecule has 1 fully saturated rings. The smallest absolute Gasteiger partial charge is 0.408 e. The Morgan fingerprint density at radius 1 is 0.950 bits per heavy atom. The average Bonchev–Trinajstić information content (AvgIpc) is 2.90. The minimum Gasteiger partial charge on any atom is -0.435 e. The second-order valence-corrected chi connectivity index (χ2v) is 4.59. The predicted molar refractivity (Wildman–Crippen MR) is 73.4 cm³/mol. The number of cyclic esters (lactones) is 1. The summed E-state index contributed by atoms with van der Waals surface area (Å²) in [6.07, 6.45) is -1.39. The summed E-state index contributed by atoms with van der Waals surface area (Å²) in [5, 5.41) is 2.69. The number of amides is 1. The van der Waals surface area contributed by atoms with E-state index in [1.165, 1.54) is 0 Å². The lowest BCUT2D eigenvalue weighted by Crippen LogP contribution is -2.29. The van der Waals surface area contributed by atoms with E-state index in [0.29, 0.717) is 5.56 Å². The number of carbonyl (C=O) groups excluding carboxylic acids is 2. The van der Waals surface area contributed by atoms with Crippen LogP contribution in [0.2, 0.25) is 0 Å². The van der Waals surface area contributed by atoms with Crippen molar-refractivity contribution < 1.29 is 14.3 Å². The predicted octanol–water partition coefficient (Wildman–Crippen LogP) is 2.72. The van der Waals surface area contributed by atoms with E-state index in [2.05, 4.69) is 5.32 Å². The highest BCUT2D eigenvalue weighted by molar-refractivity contribution is 6.02. The third-order valence-electron chi connectivity index (χ3n) is 3.29. The van der Waals surface area contributed by atoms with Crippen molar-refractivity contribution in [3.8, 4) is 0 Å². The van der Waals surface area contributed by atoms with Crippen LogP contribution in [-0.2, 0) is 4.74 Å². The van der Waals surface area contributed by atoms with E-state index in [9.17, 15) is 9.59 Å². The fraction of sp³-hybridized carbons (Fsp3) is 0.125. The largest absolute Gasteiger partial charge is 0.435 e. The molecule has 0 unspecified atom stereocenters.